The first-order valence-corrected chi connectivity index (χ1v) is 5.75. The number of imidazole rings is 1. The number of carboxylic acids is 1. The zero-order chi connectivity index (χ0) is 14.3. The number of aromatic nitrogens is 2. The van der Waals surface area contributed by atoms with Gasteiger partial charge in [0.1, 0.15) is 6.04 Å². The van der Waals surface area contributed by atoms with Crippen molar-refractivity contribution < 1.29 is 19.5 Å². The quantitative estimate of drug-likeness (QED) is 0.563. The third-order valence-corrected chi connectivity index (χ3v) is 2.47. The van der Waals surface area contributed by atoms with Gasteiger partial charge in [0.2, 0.25) is 11.8 Å². The molecule has 0 aliphatic heterocycles. The molecule has 0 spiro atoms. The molecular formula is C11H16N4O4. The molecule has 1 heterocycles. The van der Waals surface area contributed by atoms with Crippen molar-refractivity contribution in [1.82, 2.24) is 14.9 Å². The number of nitrogens with zero attached hydrogens (tertiary/aromatic N) is 2. The fourth-order valence-electron chi connectivity index (χ4n) is 1.46. The van der Waals surface area contributed by atoms with Crippen LogP contribution in [0.4, 0.5) is 0 Å². The molecule has 0 aromatic carbocycles. The average molecular weight is 268 g/mol. The molecule has 8 nitrogen and oxygen atoms in total. The van der Waals surface area contributed by atoms with Gasteiger partial charge in [-0.25, -0.2) is 9.78 Å². The summed E-state index contributed by atoms with van der Waals surface area (Å²) in [6, 6.07) is -1.09. The summed E-state index contributed by atoms with van der Waals surface area (Å²) >= 11 is 0. The van der Waals surface area contributed by atoms with Crippen LogP contribution in [0, 0.1) is 0 Å². The molecule has 4 N–H and O–H groups in total. The molecular weight excluding hydrogens is 252 g/mol. The SMILES string of the molecule is NC(=O)CC[C@@H](NC(=O)CCn1ccnc1)C(=O)O. The highest BCUT2D eigenvalue weighted by molar-refractivity contribution is 5.84. The zero-order valence-electron chi connectivity index (χ0n) is 10.3. The van der Waals surface area contributed by atoms with Crippen LogP contribution in [0.1, 0.15) is 19.3 Å². The van der Waals surface area contributed by atoms with Crippen LogP contribution in [0.15, 0.2) is 18.7 Å². The summed E-state index contributed by atoms with van der Waals surface area (Å²) in [5, 5.41) is 11.3. The summed E-state index contributed by atoms with van der Waals surface area (Å²) in [5.41, 5.74) is 4.94. The van der Waals surface area contributed by atoms with Crippen molar-refractivity contribution in [3.63, 3.8) is 0 Å². The molecule has 0 aliphatic rings. The van der Waals surface area contributed by atoms with Crippen molar-refractivity contribution in [2.75, 3.05) is 0 Å². The number of amides is 2. The van der Waals surface area contributed by atoms with E-state index in [1.54, 1.807) is 23.3 Å². The maximum Gasteiger partial charge on any atom is 0.326 e. The van der Waals surface area contributed by atoms with E-state index in [0.29, 0.717) is 6.54 Å². The second kappa shape index (κ2) is 7.14. The van der Waals surface area contributed by atoms with Crippen LogP contribution in [0.2, 0.25) is 0 Å². The van der Waals surface area contributed by atoms with E-state index >= 15 is 0 Å². The van der Waals surface area contributed by atoms with Gasteiger partial charge in [-0.2, -0.15) is 0 Å². The first-order valence-electron chi connectivity index (χ1n) is 5.75. The molecule has 0 unspecified atom stereocenters. The van der Waals surface area contributed by atoms with E-state index in [1.807, 2.05) is 0 Å². The Bertz CT molecular complexity index is 444. The number of carbonyl (C=O) groups is 3. The highest BCUT2D eigenvalue weighted by Crippen LogP contribution is 1.99. The number of hydrogen-bond acceptors (Lipinski definition) is 4. The standard InChI is InChI=1S/C11H16N4O4/c12-9(16)2-1-8(11(18)19)14-10(17)3-5-15-6-4-13-7-15/h4,6-8H,1-3,5H2,(H2,12,16)(H,14,17)(H,18,19)/t8-/m1/s1. The number of rotatable bonds is 8. The Kier molecular flexibility index (Phi) is 5.52. The summed E-state index contributed by atoms with van der Waals surface area (Å²) < 4.78 is 1.71. The van der Waals surface area contributed by atoms with E-state index in [2.05, 4.69) is 10.3 Å². The molecule has 0 fully saturated rings. The normalized spacial score (nSPS) is 11.8. The number of nitrogens with one attached hydrogen (secondary N) is 1. The van der Waals surface area contributed by atoms with Gasteiger partial charge in [-0.3, -0.25) is 9.59 Å². The van der Waals surface area contributed by atoms with Crippen LogP contribution in [0.3, 0.4) is 0 Å². The van der Waals surface area contributed by atoms with Gasteiger partial charge in [0.15, 0.2) is 0 Å². The molecule has 0 radical (unpaired) electrons. The number of carbonyl (C=O) groups excluding carboxylic acids is 2. The van der Waals surface area contributed by atoms with Gasteiger partial charge in [-0.1, -0.05) is 0 Å². The fourth-order valence-corrected chi connectivity index (χ4v) is 1.46. The first-order chi connectivity index (χ1) is 8.99. The minimum atomic E-state index is -1.18. The molecule has 0 aliphatic carbocycles. The molecule has 0 saturated heterocycles. The maximum atomic E-state index is 11.6. The average Bonchev–Trinajstić information content (AvgIpc) is 2.84. The Labute approximate surface area is 109 Å². The highest BCUT2D eigenvalue weighted by atomic mass is 16.4. The Balaban J connectivity index is 2.38. The number of carboxylic acid groups (broad SMARTS) is 1. The molecule has 104 valence electrons. The van der Waals surface area contributed by atoms with Gasteiger partial charge >= 0.3 is 5.97 Å². The van der Waals surface area contributed by atoms with Crippen molar-refractivity contribution in [3.8, 4) is 0 Å². The van der Waals surface area contributed by atoms with E-state index in [1.165, 1.54) is 0 Å². The predicted molar refractivity (Wildman–Crippen MR) is 64.8 cm³/mol. The highest BCUT2D eigenvalue weighted by Gasteiger charge is 2.20. The topological polar surface area (TPSA) is 127 Å². The third kappa shape index (κ3) is 5.66. The number of nitrogens with two attached hydrogens (primary N) is 1. The lowest BCUT2D eigenvalue weighted by atomic mass is 10.1. The van der Waals surface area contributed by atoms with E-state index in [4.69, 9.17) is 10.8 Å². The van der Waals surface area contributed by atoms with Gasteiger partial charge in [0, 0.05) is 31.8 Å². The van der Waals surface area contributed by atoms with Crippen molar-refractivity contribution in [1.29, 1.82) is 0 Å². The molecule has 1 rings (SSSR count). The molecule has 8 heteroatoms. The van der Waals surface area contributed by atoms with Crippen LogP contribution in [-0.4, -0.2) is 38.5 Å². The van der Waals surface area contributed by atoms with Gasteiger partial charge in [-0.15, -0.1) is 0 Å². The van der Waals surface area contributed by atoms with E-state index in [0.717, 1.165) is 0 Å². The Morgan fingerprint density at radius 3 is 2.63 bits per heavy atom. The second-order valence-electron chi connectivity index (χ2n) is 4.01. The van der Waals surface area contributed by atoms with E-state index < -0.39 is 23.8 Å². The van der Waals surface area contributed by atoms with Crippen LogP contribution in [-0.2, 0) is 20.9 Å². The first kappa shape index (κ1) is 14.7. The van der Waals surface area contributed by atoms with Crippen LogP contribution >= 0.6 is 0 Å². The van der Waals surface area contributed by atoms with Crippen LogP contribution < -0.4 is 11.1 Å². The smallest absolute Gasteiger partial charge is 0.326 e. The lowest BCUT2D eigenvalue weighted by molar-refractivity contribution is -0.142. The van der Waals surface area contributed by atoms with Crippen molar-refractivity contribution in [2.45, 2.75) is 31.8 Å². The molecule has 1 aromatic rings. The largest absolute Gasteiger partial charge is 0.480 e. The lowest BCUT2D eigenvalue weighted by Gasteiger charge is -2.13. The van der Waals surface area contributed by atoms with Gasteiger partial charge < -0.3 is 20.7 Å². The second-order valence-corrected chi connectivity index (χ2v) is 4.01. The lowest BCUT2D eigenvalue weighted by Crippen LogP contribution is -2.41. The van der Waals surface area contributed by atoms with Gasteiger partial charge in [0.25, 0.3) is 0 Å². The van der Waals surface area contributed by atoms with E-state index in [9.17, 15) is 14.4 Å². The summed E-state index contributed by atoms with van der Waals surface area (Å²) in [6.07, 6.45) is 4.89. The van der Waals surface area contributed by atoms with Crippen molar-refractivity contribution in [3.05, 3.63) is 18.7 Å². The zero-order valence-corrected chi connectivity index (χ0v) is 10.3. The summed E-state index contributed by atoms with van der Waals surface area (Å²) in [6.45, 7) is 0.411. The Morgan fingerprint density at radius 1 is 1.37 bits per heavy atom. The molecule has 2 amide bonds. The number of primary amides is 1. The summed E-state index contributed by atoms with van der Waals surface area (Å²) in [7, 11) is 0. The number of aryl methyl sites for hydroxylation is 1. The Morgan fingerprint density at radius 2 is 2.11 bits per heavy atom. The van der Waals surface area contributed by atoms with Crippen LogP contribution in [0.5, 0.6) is 0 Å². The van der Waals surface area contributed by atoms with Gasteiger partial charge in [-0.05, 0) is 6.42 Å². The van der Waals surface area contributed by atoms with Crippen molar-refractivity contribution in [2.24, 2.45) is 5.73 Å². The third-order valence-electron chi connectivity index (χ3n) is 2.47. The molecule has 1 atom stereocenters. The molecule has 19 heavy (non-hydrogen) atoms. The minimum Gasteiger partial charge on any atom is -0.480 e. The fraction of sp³-hybridized carbons (Fsp3) is 0.455. The number of hydrogen-bond donors (Lipinski definition) is 3. The van der Waals surface area contributed by atoms with Crippen LogP contribution in [0.25, 0.3) is 0 Å². The monoisotopic (exact) mass is 268 g/mol. The summed E-state index contributed by atoms with van der Waals surface area (Å²) in [5.74, 6) is -2.18. The minimum absolute atomic E-state index is 0.0124. The van der Waals surface area contributed by atoms with Gasteiger partial charge in [0.05, 0.1) is 6.33 Å². The molecule has 1 aromatic heterocycles. The maximum absolute atomic E-state index is 11.6. The van der Waals surface area contributed by atoms with Crippen molar-refractivity contribution >= 4 is 17.8 Å². The van der Waals surface area contributed by atoms with E-state index in [-0.39, 0.29) is 19.3 Å². The Hall–Kier alpha value is -2.38. The summed E-state index contributed by atoms with van der Waals surface area (Å²) in [4.78, 5) is 36.9. The molecule has 0 saturated carbocycles. The molecule has 0 bridgehead atoms. The number of aliphatic carboxylic acids is 1. The predicted octanol–water partition coefficient (Wildman–Crippen LogP) is -0.892.